The normalized spacial score (nSPS) is 16.1. The molecule has 0 spiro atoms. The lowest BCUT2D eigenvalue weighted by Gasteiger charge is -2.27. The van der Waals surface area contributed by atoms with Gasteiger partial charge in [-0.1, -0.05) is 79.2 Å². The van der Waals surface area contributed by atoms with Crippen molar-refractivity contribution in [3.8, 4) is 0 Å². The van der Waals surface area contributed by atoms with E-state index in [-0.39, 0.29) is 17.7 Å². The zero-order chi connectivity index (χ0) is 21.8. The molecule has 0 fully saturated rings. The highest BCUT2D eigenvalue weighted by atomic mass is 35.5. The van der Waals surface area contributed by atoms with Gasteiger partial charge in [-0.15, -0.1) is 0 Å². The molecule has 5 heteroatoms. The van der Waals surface area contributed by atoms with Crippen LogP contribution >= 0.6 is 11.6 Å². The fraction of sp³-hybridized carbons (Fsp3) is 0.231. The maximum Gasteiger partial charge on any atom is 0.255 e. The summed E-state index contributed by atoms with van der Waals surface area (Å²) in [4.78, 5) is 28.0. The number of nitrogens with zero attached hydrogens (tertiary/aromatic N) is 1. The summed E-state index contributed by atoms with van der Waals surface area (Å²) < 4.78 is 0. The third-order valence-corrected chi connectivity index (χ3v) is 6.02. The highest BCUT2D eigenvalue weighted by Gasteiger charge is 2.41. The molecule has 2 unspecified atom stereocenters. The summed E-state index contributed by atoms with van der Waals surface area (Å²) in [5, 5.41) is 3.71. The molecule has 2 atom stereocenters. The second-order valence-corrected chi connectivity index (χ2v) is 8.36. The van der Waals surface area contributed by atoms with Crippen molar-refractivity contribution in [3.05, 3.63) is 106 Å². The third-order valence-electron chi connectivity index (χ3n) is 5.77. The molecule has 3 aromatic rings. The molecule has 0 radical (unpaired) electrons. The van der Waals surface area contributed by atoms with E-state index in [1.54, 1.807) is 11.0 Å². The van der Waals surface area contributed by atoms with E-state index < -0.39 is 6.04 Å². The van der Waals surface area contributed by atoms with Crippen molar-refractivity contribution in [2.45, 2.75) is 25.3 Å². The smallest absolute Gasteiger partial charge is 0.255 e. The molecule has 1 aliphatic rings. The number of rotatable bonds is 7. The van der Waals surface area contributed by atoms with Gasteiger partial charge in [0.2, 0.25) is 5.91 Å². The highest BCUT2D eigenvalue weighted by molar-refractivity contribution is 6.30. The lowest BCUT2D eigenvalue weighted by Crippen LogP contribution is -2.41. The predicted octanol–water partition coefficient (Wildman–Crippen LogP) is 5.00. The Hall–Kier alpha value is -3.11. The van der Waals surface area contributed by atoms with Crippen molar-refractivity contribution in [1.29, 1.82) is 0 Å². The van der Waals surface area contributed by atoms with Gasteiger partial charge in [0.25, 0.3) is 5.91 Å². The number of carbonyl (C=O) groups excluding carboxylic acids is 2. The topological polar surface area (TPSA) is 49.4 Å². The fourth-order valence-electron chi connectivity index (χ4n) is 4.10. The van der Waals surface area contributed by atoms with Gasteiger partial charge in [0.15, 0.2) is 0 Å². The Balaban J connectivity index is 1.51. The van der Waals surface area contributed by atoms with Gasteiger partial charge in [-0.25, -0.2) is 0 Å². The van der Waals surface area contributed by atoms with Crippen LogP contribution in [0.3, 0.4) is 0 Å². The van der Waals surface area contributed by atoms with Gasteiger partial charge in [0, 0.05) is 23.7 Å². The van der Waals surface area contributed by atoms with Gasteiger partial charge >= 0.3 is 0 Å². The first-order chi connectivity index (χ1) is 15.0. The molecule has 1 heterocycles. The van der Waals surface area contributed by atoms with Crippen LogP contribution in [0, 0.1) is 0 Å². The van der Waals surface area contributed by atoms with Gasteiger partial charge < -0.3 is 10.2 Å². The molecule has 0 bridgehead atoms. The molecule has 0 aliphatic carbocycles. The van der Waals surface area contributed by atoms with Crippen molar-refractivity contribution in [2.24, 2.45) is 0 Å². The molecule has 31 heavy (non-hydrogen) atoms. The monoisotopic (exact) mass is 432 g/mol. The van der Waals surface area contributed by atoms with E-state index in [0.29, 0.717) is 23.7 Å². The predicted molar refractivity (Wildman–Crippen MR) is 123 cm³/mol. The van der Waals surface area contributed by atoms with E-state index in [4.69, 9.17) is 11.6 Å². The zero-order valence-corrected chi connectivity index (χ0v) is 18.2. The minimum atomic E-state index is -0.616. The average Bonchev–Trinajstić information content (AvgIpc) is 3.06. The summed E-state index contributed by atoms with van der Waals surface area (Å²) in [6, 6.07) is 24.4. The molecule has 3 aromatic carbocycles. The molecule has 0 aromatic heterocycles. The van der Waals surface area contributed by atoms with Gasteiger partial charge in [-0.3, -0.25) is 9.59 Å². The third kappa shape index (κ3) is 4.64. The van der Waals surface area contributed by atoms with Crippen molar-refractivity contribution < 1.29 is 9.59 Å². The summed E-state index contributed by atoms with van der Waals surface area (Å²) in [5.74, 6) is -0.174. The number of fused-ring (bicyclic) bond motifs is 1. The van der Waals surface area contributed by atoms with Gasteiger partial charge in [-0.05, 0) is 47.2 Å². The van der Waals surface area contributed by atoms with Crippen molar-refractivity contribution >= 4 is 23.4 Å². The van der Waals surface area contributed by atoms with E-state index in [1.165, 1.54) is 5.56 Å². The average molecular weight is 433 g/mol. The van der Waals surface area contributed by atoms with Crippen LogP contribution < -0.4 is 5.32 Å². The van der Waals surface area contributed by atoms with E-state index in [1.807, 2.05) is 72.8 Å². The number of amides is 2. The molecule has 158 valence electrons. The van der Waals surface area contributed by atoms with Crippen LogP contribution in [-0.2, 0) is 11.2 Å². The first-order valence-corrected chi connectivity index (χ1v) is 10.9. The summed E-state index contributed by atoms with van der Waals surface area (Å²) in [6.45, 7) is 3.03. The molecule has 4 nitrogen and oxygen atoms in total. The van der Waals surface area contributed by atoms with Crippen LogP contribution in [0.15, 0.2) is 78.9 Å². The number of carbonyl (C=O) groups is 2. The van der Waals surface area contributed by atoms with Gasteiger partial charge in [0.1, 0.15) is 6.04 Å². The van der Waals surface area contributed by atoms with Crippen LogP contribution in [0.2, 0.25) is 5.02 Å². The minimum absolute atomic E-state index is 0.0650. The quantitative estimate of drug-likeness (QED) is 0.571. The number of halogens is 1. The Bertz CT molecular complexity index is 1070. The SMILES string of the molecule is CC(CN1C(=O)c2ccccc2C1C(=O)NCCc1ccccc1)c1ccc(Cl)cc1. The Labute approximate surface area is 187 Å². The van der Waals surface area contributed by atoms with Crippen LogP contribution in [0.25, 0.3) is 0 Å². The minimum Gasteiger partial charge on any atom is -0.354 e. The second kappa shape index (κ2) is 9.36. The molecule has 0 saturated carbocycles. The molecule has 1 N–H and O–H groups in total. The van der Waals surface area contributed by atoms with Gasteiger partial charge in [-0.2, -0.15) is 0 Å². The summed E-state index contributed by atoms with van der Waals surface area (Å²) in [5.41, 5.74) is 3.62. The van der Waals surface area contributed by atoms with Crippen LogP contribution in [0.1, 0.15) is 45.9 Å². The molecular weight excluding hydrogens is 408 g/mol. The Morgan fingerprint density at radius 3 is 2.42 bits per heavy atom. The van der Waals surface area contributed by atoms with Crippen molar-refractivity contribution in [1.82, 2.24) is 10.2 Å². The van der Waals surface area contributed by atoms with E-state index in [0.717, 1.165) is 17.5 Å². The van der Waals surface area contributed by atoms with E-state index >= 15 is 0 Å². The summed E-state index contributed by atoms with van der Waals surface area (Å²) in [6.07, 6.45) is 0.746. The van der Waals surface area contributed by atoms with Crippen LogP contribution in [0.4, 0.5) is 0 Å². The van der Waals surface area contributed by atoms with Crippen LogP contribution in [-0.4, -0.2) is 29.8 Å². The Kier molecular flexibility index (Phi) is 6.38. The second-order valence-electron chi connectivity index (χ2n) is 7.93. The molecular formula is C26H25ClN2O2. The van der Waals surface area contributed by atoms with E-state index in [2.05, 4.69) is 12.2 Å². The Morgan fingerprint density at radius 2 is 1.68 bits per heavy atom. The lowest BCUT2D eigenvalue weighted by molar-refractivity contribution is -0.125. The zero-order valence-electron chi connectivity index (χ0n) is 17.4. The molecule has 1 aliphatic heterocycles. The van der Waals surface area contributed by atoms with Gasteiger partial charge in [0.05, 0.1) is 0 Å². The first-order valence-electron chi connectivity index (χ1n) is 10.5. The maximum atomic E-state index is 13.2. The van der Waals surface area contributed by atoms with Crippen LogP contribution in [0.5, 0.6) is 0 Å². The summed E-state index contributed by atoms with van der Waals surface area (Å²) >= 11 is 6.01. The number of benzene rings is 3. The van der Waals surface area contributed by atoms with Crippen molar-refractivity contribution in [2.75, 3.05) is 13.1 Å². The first kappa shape index (κ1) is 21.1. The molecule has 2 amide bonds. The Morgan fingerprint density at radius 1 is 1.00 bits per heavy atom. The molecule has 0 saturated heterocycles. The number of hydrogen-bond acceptors (Lipinski definition) is 2. The highest BCUT2D eigenvalue weighted by Crippen LogP contribution is 2.35. The standard InChI is InChI=1S/C26H25ClN2O2/c1-18(20-11-13-21(27)14-12-20)17-29-24(22-9-5-6-10-23(22)26(29)31)25(30)28-16-15-19-7-3-2-4-8-19/h2-14,18,24H,15-17H2,1H3,(H,28,30). The number of nitrogens with one attached hydrogen (secondary N) is 1. The largest absolute Gasteiger partial charge is 0.354 e. The van der Waals surface area contributed by atoms with Crippen molar-refractivity contribution in [3.63, 3.8) is 0 Å². The molecule has 4 rings (SSSR count). The summed E-state index contributed by atoms with van der Waals surface area (Å²) in [7, 11) is 0. The number of hydrogen-bond donors (Lipinski definition) is 1. The lowest BCUT2D eigenvalue weighted by atomic mass is 9.99. The fourth-order valence-corrected chi connectivity index (χ4v) is 4.23. The van der Waals surface area contributed by atoms with E-state index in [9.17, 15) is 9.59 Å². The maximum absolute atomic E-state index is 13.2.